The molecule has 5 nitrogen and oxygen atoms in total. The van der Waals surface area contributed by atoms with Gasteiger partial charge in [0.1, 0.15) is 11.5 Å². The Labute approximate surface area is 131 Å². The SMILES string of the molecule is COc1cccc(OCC(=O)N(C)C2CC3CCC(C2)N3)c1. The number of likely N-dealkylation sites (N-methyl/N-ethyl adjacent to an activating group) is 1. The van der Waals surface area contributed by atoms with Crippen molar-refractivity contribution in [2.24, 2.45) is 0 Å². The predicted molar refractivity (Wildman–Crippen MR) is 84.2 cm³/mol. The highest BCUT2D eigenvalue weighted by molar-refractivity contribution is 5.77. The standard InChI is InChI=1S/C17H24N2O3/c1-19(14-8-12-6-7-13(9-14)18-12)17(20)11-22-16-5-3-4-15(10-16)21-2/h3-5,10,12-14,18H,6-9,11H2,1-2H3. The average molecular weight is 304 g/mol. The van der Waals surface area contributed by atoms with Crippen molar-refractivity contribution in [1.82, 2.24) is 10.2 Å². The van der Waals surface area contributed by atoms with Gasteiger partial charge in [-0.2, -0.15) is 0 Å². The Morgan fingerprint density at radius 3 is 2.64 bits per heavy atom. The summed E-state index contributed by atoms with van der Waals surface area (Å²) in [6, 6.07) is 8.83. The highest BCUT2D eigenvalue weighted by atomic mass is 16.5. The largest absolute Gasteiger partial charge is 0.497 e. The number of ether oxygens (including phenoxy) is 2. The number of amides is 1. The van der Waals surface area contributed by atoms with E-state index in [2.05, 4.69) is 5.32 Å². The Kier molecular flexibility index (Phi) is 4.52. The minimum Gasteiger partial charge on any atom is -0.497 e. The van der Waals surface area contributed by atoms with Crippen molar-refractivity contribution in [3.8, 4) is 11.5 Å². The molecular weight excluding hydrogens is 280 g/mol. The van der Waals surface area contributed by atoms with Crippen LogP contribution in [0.25, 0.3) is 0 Å². The van der Waals surface area contributed by atoms with Crippen molar-refractivity contribution in [1.29, 1.82) is 0 Å². The van der Waals surface area contributed by atoms with Crippen LogP contribution in [-0.2, 0) is 4.79 Å². The summed E-state index contributed by atoms with van der Waals surface area (Å²) in [5.74, 6) is 1.42. The second-order valence-electron chi connectivity index (χ2n) is 6.24. The van der Waals surface area contributed by atoms with Crippen molar-refractivity contribution < 1.29 is 14.3 Å². The van der Waals surface area contributed by atoms with E-state index < -0.39 is 0 Å². The van der Waals surface area contributed by atoms with Crippen LogP contribution in [0.15, 0.2) is 24.3 Å². The fourth-order valence-electron chi connectivity index (χ4n) is 3.48. The molecule has 0 aromatic heterocycles. The van der Waals surface area contributed by atoms with Crippen LogP contribution in [0.2, 0.25) is 0 Å². The van der Waals surface area contributed by atoms with E-state index >= 15 is 0 Å². The van der Waals surface area contributed by atoms with Crippen molar-refractivity contribution in [3.63, 3.8) is 0 Å². The number of nitrogens with zero attached hydrogens (tertiary/aromatic N) is 1. The van der Waals surface area contributed by atoms with Crippen LogP contribution in [0.4, 0.5) is 0 Å². The average Bonchev–Trinajstić information content (AvgIpc) is 2.90. The highest BCUT2D eigenvalue weighted by Crippen LogP contribution is 2.29. The molecule has 2 heterocycles. The zero-order valence-corrected chi connectivity index (χ0v) is 13.2. The lowest BCUT2D eigenvalue weighted by molar-refractivity contribution is -0.134. The lowest BCUT2D eigenvalue weighted by atomic mass is 9.98. The van der Waals surface area contributed by atoms with Crippen LogP contribution in [0.5, 0.6) is 11.5 Å². The van der Waals surface area contributed by atoms with E-state index in [1.54, 1.807) is 13.2 Å². The van der Waals surface area contributed by atoms with Gasteiger partial charge < -0.3 is 19.7 Å². The summed E-state index contributed by atoms with van der Waals surface area (Å²) >= 11 is 0. The molecule has 0 saturated carbocycles. The lowest BCUT2D eigenvalue weighted by Crippen LogP contribution is -2.49. The molecular formula is C17H24N2O3. The Balaban J connectivity index is 1.52. The van der Waals surface area contributed by atoms with Gasteiger partial charge in [0.15, 0.2) is 6.61 Å². The molecule has 2 fully saturated rings. The molecule has 2 unspecified atom stereocenters. The summed E-state index contributed by atoms with van der Waals surface area (Å²) in [5.41, 5.74) is 0. The molecule has 2 bridgehead atoms. The Morgan fingerprint density at radius 2 is 1.95 bits per heavy atom. The summed E-state index contributed by atoms with van der Waals surface area (Å²) in [7, 11) is 3.51. The molecule has 0 radical (unpaired) electrons. The maximum absolute atomic E-state index is 12.4. The zero-order valence-electron chi connectivity index (χ0n) is 13.2. The van der Waals surface area contributed by atoms with Gasteiger partial charge >= 0.3 is 0 Å². The number of benzene rings is 1. The molecule has 120 valence electrons. The van der Waals surface area contributed by atoms with E-state index in [-0.39, 0.29) is 12.5 Å². The number of piperidine rings is 1. The first-order chi connectivity index (χ1) is 10.7. The van der Waals surface area contributed by atoms with E-state index in [1.165, 1.54) is 12.8 Å². The third-order valence-corrected chi connectivity index (χ3v) is 4.79. The van der Waals surface area contributed by atoms with Gasteiger partial charge in [-0.1, -0.05) is 6.07 Å². The molecule has 5 heteroatoms. The molecule has 2 aliphatic rings. The van der Waals surface area contributed by atoms with Crippen LogP contribution in [-0.4, -0.2) is 49.7 Å². The fraction of sp³-hybridized carbons (Fsp3) is 0.588. The van der Waals surface area contributed by atoms with Crippen LogP contribution in [0.1, 0.15) is 25.7 Å². The quantitative estimate of drug-likeness (QED) is 0.901. The molecule has 2 atom stereocenters. The molecule has 1 aromatic rings. The third kappa shape index (κ3) is 3.35. The second kappa shape index (κ2) is 6.57. The number of carbonyl (C=O) groups is 1. The molecule has 3 rings (SSSR count). The predicted octanol–water partition coefficient (Wildman–Crippen LogP) is 1.82. The minimum absolute atomic E-state index is 0.0362. The zero-order chi connectivity index (χ0) is 15.5. The summed E-state index contributed by atoms with van der Waals surface area (Å²) in [6.07, 6.45) is 4.59. The van der Waals surface area contributed by atoms with Crippen LogP contribution < -0.4 is 14.8 Å². The van der Waals surface area contributed by atoms with E-state index in [0.717, 1.165) is 18.6 Å². The van der Waals surface area contributed by atoms with Crippen molar-refractivity contribution in [3.05, 3.63) is 24.3 Å². The van der Waals surface area contributed by atoms with Crippen molar-refractivity contribution in [2.45, 2.75) is 43.8 Å². The number of methoxy groups -OCH3 is 1. The van der Waals surface area contributed by atoms with Gasteiger partial charge in [0, 0.05) is 31.2 Å². The van der Waals surface area contributed by atoms with Crippen molar-refractivity contribution >= 4 is 5.91 Å². The van der Waals surface area contributed by atoms with Gasteiger partial charge in [0.25, 0.3) is 5.91 Å². The van der Waals surface area contributed by atoms with E-state index in [9.17, 15) is 4.79 Å². The molecule has 1 N–H and O–H groups in total. The number of hydrogen-bond donors (Lipinski definition) is 1. The Bertz CT molecular complexity index is 522. The van der Waals surface area contributed by atoms with Crippen LogP contribution >= 0.6 is 0 Å². The van der Waals surface area contributed by atoms with E-state index in [0.29, 0.717) is 23.9 Å². The Hall–Kier alpha value is -1.75. The minimum atomic E-state index is 0.0362. The van der Waals surface area contributed by atoms with Crippen molar-refractivity contribution in [2.75, 3.05) is 20.8 Å². The fourth-order valence-corrected chi connectivity index (χ4v) is 3.48. The molecule has 1 aromatic carbocycles. The Morgan fingerprint density at radius 1 is 1.27 bits per heavy atom. The molecule has 2 saturated heterocycles. The first kappa shape index (κ1) is 15.2. The van der Waals surface area contributed by atoms with Gasteiger partial charge in [0.05, 0.1) is 7.11 Å². The topological polar surface area (TPSA) is 50.8 Å². The summed E-state index contributed by atoms with van der Waals surface area (Å²) in [4.78, 5) is 14.2. The van der Waals surface area contributed by atoms with Gasteiger partial charge in [0.2, 0.25) is 0 Å². The summed E-state index contributed by atoms with van der Waals surface area (Å²) in [6.45, 7) is 0.0724. The third-order valence-electron chi connectivity index (χ3n) is 4.79. The van der Waals surface area contributed by atoms with Crippen LogP contribution in [0.3, 0.4) is 0 Å². The number of hydrogen-bond acceptors (Lipinski definition) is 4. The molecule has 22 heavy (non-hydrogen) atoms. The van der Waals surface area contributed by atoms with E-state index in [1.807, 2.05) is 30.1 Å². The summed E-state index contributed by atoms with van der Waals surface area (Å²) in [5, 5.41) is 3.60. The normalized spacial score (nSPS) is 26.5. The van der Waals surface area contributed by atoms with Gasteiger partial charge in [-0.25, -0.2) is 0 Å². The molecule has 0 spiro atoms. The van der Waals surface area contributed by atoms with Gasteiger partial charge in [-0.3, -0.25) is 4.79 Å². The molecule has 1 amide bonds. The van der Waals surface area contributed by atoms with E-state index in [4.69, 9.17) is 9.47 Å². The summed E-state index contributed by atoms with van der Waals surface area (Å²) < 4.78 is 10.8. The second-order valence-corrected chi connectivity index (χ2v) is 6.24. The molecule has 2 aliphatic heterocycles. The van der Waals surface area contributed by atoms with Crippen LogP contribution in [0, 0.1) is 0 Å². The van der Waals surface area contributed by atoms with Gasteiger partial charge in [-0.15, -0.1) is 0 Å². The smallest absolute Gasteiger partial charge is 0.260 e. The first-order valence-electron chi connectivity index (χ1n) is 7.94. The van der Waals surface area contributed by atoms with Gasteiger partial charge in [-0.05, 0) is 37.8 Å². The molecule has 0 aliphatic carbocycles. The maximum Gasteiger partial charge on any atom is 0.260 e. The number of rotatable bonds is 5. The number of fused-ring (bicyclic) bond motifs is 2. The highest BCUT2D eigenvalue weighted by Gasteiger charge is 2.36. The number of carbonyl (C=O) groups excluding carboxylic acids is 1. The monoisotopic (exact) mass is 304 g/mol. The first-order valence-corrected chi connectivity index (χ1v) is 7.94. The number of nitrogens with one attached hydrogen (secondary N) is 1. The lowest BCUT2D eigenvalue weighted by Gasteiger charge is -2.35. The maximum atomic E-state index is 12.4.